The van der Waals surface area contributed by atoms with Crippen molar-refractivity contribution in [2.24, 2.45) is 11.5 Å². The van der Waals surface area contributed by atoms with Gasteiger partial charge in [-0.1, -0.05) is 0 Å². The summed E-state index contributed by atoms with van der Waals surface area (Å²) in [5.74, 6) is -9.22. The summed E-state index contributed by atoms with van der Waals surface area (Å²) in [5.41, 5.74) is 11.3. The van der Waals surface area contributed by atoms with E-state index >= 15 is 0 Å². The molecule has 2 aromatic rings. The number of ketones is 1. The van der Waals surface area contributed by atoms with Gasteiger partial charge in [0.1, 0.15) is 55.2 Å². The number of nitrogens with zero attached hydrogens (tertiary/aromatic N) is 4. The average Bonchev–Trinajstić information content (AvgIpc) is 3.19. The van der Waals surface area contributed by atoms with Crippen molar-refractivity contribution < 1.29 is 63.6 Å². The van der Waals surface area contributed by atoms with Crippen molar-refractivity contribution in [3.63, 3.8) is 0 Å². The fourth-order valence-corrected chi connectivity index (χ4v) is 7.16. The molecule has 0 bridgehead atoms. The molecule has 2 rings (SSSR count). The molecule has 316 valence electrons. The van der Waals surface area contributed by atoms with Crippen LogP contribution in [0.5, 0.6) is 0 Å². The number of hydrogen-bond donors (Lipinski definition) is 10. The van der Waals surface area contributed by atoms with Crippen LogP contribution in [0.3, 0.4) is 0 Å². The van der Waals surface area contributed by atoms with E-state index in [0.717, 1.165) is 23.5 Å². The van der Waals surface area contributed by atoms with Gasteiger partial charge in [-0.15, -0.1) is 23.5 Å². The van der Waals surface area contributed by atoms with Crippen molar-refractivity contribution >= 4 is 76.8 Å². The Morgan fingerprint density at radius 3 is 1.55 bits per heavy atom. The summed E-state index contributed by atoms with van der Waals surface area (Å²) in [6, 6.07) is -2.32. The lowest BCUT2D eigenvalue weighted by atomic mass is 10.1. The molecule has 0 aliphatic carbocycles. The van der Waals surface area contributed by atoms with E-state index in [-0.39, 0.29) is 55.9 Å². The number of carboxylic acid groups (broad SMARTS) is 4. The molecule has 58 heavy (non-hydrogen) atoms. The van der Waals surface area contributed by atoms with Crippen LogP contribution < -0.4 is 32.7 Å². The minimum atomic E-state index is -1.36. The lowest BCUT2D eigenvalue weighted by Gasteiger charge is -2.23. The second-order valence-electron chi connectivity index (χ2n) is 12.3. The van der Waals surface area contributed by atoms with E-state index in [0.29, 0.717) is 5.69 Å². The molecular weight excluding hydrogens is 809 g/mol. The molecular formula is C33H44N10O13S2. The Labute approximate surface area is 338 Å². The minimum absolute atomic E-state index is 0.177. The minimum Gasteiger partial charge on any atom is -0.480 e. The van der Waals surface area contributed by atoms with Crippen LogP contribution in [0.1, 0.15) is 60.5 Å². The van der Waals surface area contributed by atoms with Crippen LogP contribution in [-0.2, 0) is 43.2 Å². The van der Waals surface area contributed by atoms with Crippen molar-refractivity contribution in [3.05, 3.63) is 48.6 Å². The topological polar surface area (TPSA) is 386 Å². The zero-order valence-corrected chi connectivity index (χ0v) is 32.4. The Morgan fingerprint density at radius 1 is 0.655 bits per heavy atom. The summed E-state index contributed by atoms with van der Waals surface area (Å²) in [6.07, 6.45) is 3.80. The number of aromatic nitrogens is 4. The quantitative estimate of drug-likeness (QED) is 0.0427. The number of hydrogen-bond acceptors (Lipinski definition) is 17. The summed E-state index contributed by atoms with van der Waals surface area (Å²) in [7, 11) is 0. The molecule has 2 aromatic heterocycles. The van der Waals surface area contributed by atoms with Crippen LogP contribution in [0.2, 0.25) is 0 Å². The number of rotatable bonds is 28. The van der Waals surface area contributed by atoms with Gasteiger partial charge in [0.25, 0.3) is 0 Å². The van der Waals surface area contributed by atoms with Gasteiger partial charge in [-0.25, -0.2) is 19.9 Å². The Bertz CT molecular complexity index is 1620. The molecule has 0 aliphatic rings. The highest BCUT2D eigenvalue weighted by atomic mass is 32.2. The summed E-state index contributed by atoms with van der Waals surface area (Å²) in [4.78, 5) is 126. The molecule has 25 heteroatoms. The molecule has 0 spiro atoms. The predicted molar refractivity (Wildman–Crippen MR) is 204 cm³/mol. The second-order valence-corrected chi connectivity index (χ2v) is 14.7. The summed E-state index contributed by atoms with van der Waals surface area (Å²) in [5, 5.41) is 43.8. The van der Waals surface area contributed by atoms with E-state index in [4.69, 9.17) is 31.9 Å². The maximum atomic E-state index is 13.8. The Kier molecular flexibility index (Phi) is 21.2. The number of carboxylic acids is 4. The SMILES string of the molecule is N[C@H](CCC(=O)N[C@@H](CSC(CC(=O)CC(SC[C@H](NC(=O)CC[C@H](N)C(=O)O)C(=O)NCC(=O)O)c1ccncn1)c1ncccn1)C(=O)NCC(=O)O)C(=O)O. The highest BCUT2D eigenvalue weighted by Crippen LogP contribution is 2.36. The van der Waals surface area contributed by atoms with Gasteiger partial charge >= 0.3 is 23.9 Å². The second kappa shape index (κ2) is 25.5. The molecule has 0 aliphatic heterocycles. The highest BCUT2D eigenvalue weighted by molar-refractivity contribution is 7.99. The average molecular weight is 853 g/mol. The van der Waals surface area contributed by atoms with Gasteiger partial charge in [0.05, 0.1) is 16.2 Å². The monoisotopic (exact) mass is 852 g/mol. The van der Waals surface area contributed by atoms with Gasteiger partial charge < -0.3 is 53.2 Å². The fraction of sp³-hybridized carbons (Fsp3) is 0.485. The third-order valence-electron chi connectivity index (χ3n) is 7.69. The third kappa shape index (κ3) is 18.9. The predicted octanol–water partition coefficient (Wildman–Crippen LogP) is -2.38. The van der Waals surface area contributed by atoms with Gasteiger partial charge in [-0.05, 0) is 25.0 Å². The molecule has 23 nitrogen and oxygen atoms in total. The van der Waals surface area contributed by atoms with E-state index in [1.165, 1.54) is 37.1 Å². The number of nitrogens with one attached hydrogen (secondary N) is 4. The van der Waals surface area contributed by atoms with Crippen LogP contribution in [0.4, 0.5) is 0 Å². The van der Waals surface area contributed by atoms with E-state index in [9.17, 15) is 43.2 Å². The number of aliphatic carboxylic acids is 4. The zero-order valence-electron chi connectivity index (χ0n) is 30.7. The third-order valence-corrected chi connectivity index (χ3v) is 10.3. The first-order valence-corrected chi connectivity index (χ1v) is 19.4. The van der Waals surface area contributed by atoms with Crippen LogP contribution in [-0.4, -0.2) is 142 Å². The summed E-state index contributed by atoms with van der Waals surface area (Å²) >= 11 is 2.03. The number of amides is 4. The largest absolute Gasteiger partial charge is 0.480 e. The molecule has 0 aromatic carbocycles. The van der Waals surface area contributed by atoms with E-state index in [1.54, 1.807) is 0 Å². The van der Waals surface area contributed by atoms with Crippen molar-refractivity contribution in [1.29, 1.82) is 0 Å². The maximum absolute atomic E-state index is 13.8. The first-order valence-electron chi connectivity index (χ1n) is 17.3. The van der Waals surface area contributed by atoms with Crippen LogP contribution in [0.15, 0.2) is 37.1 Å². The van der Waals surface area contributed by atoms with Gasteiger partial charge in [0, 0.05) is 55.8 Å². The molecule has 0 fully saturated rings. The molecule has 0 radical (unpaired) electrons. The Hall–Kier alpha value is -5.79. The van der Waals surface area contributed by atoms with Crippen molar-refractivity contribution in [3.8, 4) is 0 Å². The zero-order chi connectivity index (χ0) is 43.2. The van der Waals surface area contributed by atoms with Crippen molar-refractivity contribution in [1.82, 2.24) is 41.2 Å². The molecule has 2 heterocycles. The molecule has 4 amide bonds. The van der Waals surface area contributed by atoms with Gasteiger partial charge in [-0.2, -0.15) is 0 Å². The van der Waals surface area contributed by atoms with E-state index in [1.807, 2.05) is 0 Å². The van der Waals surface area contributed by atoms with Gasteiger partial charge in [0.2, 0.25) is 23.6 Å². The fourth-order valence-electron chi connectivity index (χ4n) is 4.65. The number of carbonyl (C=O) groups is 9. The Balaban J connectivity index is 2.29. The number of thioether (sulfide) groups is 2. The normalized spacial score (nSPS) is 14.0. The Morgan fingerprint density at radius 2 is 1.12 bits per heavy atom. The van der Waals surface area contributed by atoms with Gasteiger partial charge in [0.15, 0.2) is 0 Å². The van der Waals surface area contributed by atoms with Crippen LogP contribution in [0, 0.1) is 0 Å². The molecule has 12 N–H and O–H groups in total. The lowest BCUT2D eigenvalue weighted by molar-refractivity contribution is -0.140. The van der Waals surface area contributed by atoms with Crippen LogP contribution >= 0.6 is 23.5 Å². The lowest BCUT2D eigenvalue weighted by Crippen LogP contribution is -2.49. The molecule has 0 saturated carbocycles. The summed E-state index contributed by atoms with van der Waals surface area (Å²) in [6.45, 7) is -1.53. The van der Waals surface area contributed by atoms with Gasteiger partial charge in [-0.3, -0.25) is 43.2 Å². The standard InChI is InChI=1S/C33H44N10O13S2/c34-18(32(53)54)2-4-25(45)42-21(30(51)39-12-27(47)48)14-57-23(20-6-9-36-16-41-20)10-17(44)11-24(29-37-7-1-8-38-29)58-15-22(31(52)40-13-28(49)50)43-26(46)5-3-19(35)33(55)56/h1,6-9,16,18-19,21-24H,2-5,10-15,34-35H2,(H,39,51)(H,40,52)(H,42,45)(H,43,46)(H,47,48)(H,49,50)(H,53,54)(H,55,56)/t18-,19+,21-,22-,23?,24?/m0/s1. The van der Waals surface area contributed by atoms with Crippen LogP contribution in [0.25, 0.3) is 0 Å². The number of carbonyl (C=O) groups excluding carboxylic acids is 5. The smallest absolute Gasteiger partial charge is 0.322 e. The number of nitrogens with two attached hydrogens (primary N) is 2. The van der Waals surface area contributed by atoms with E-state index < -0.39 is 101 Å². The van der Waals surface area contributed by atoms with E-state index in [2.05, 4.69) is 41.2 Å². The maximum Gasteiger partial charge on any atom is 0.322 e. The highest BCUT2D eigenvalue weighted by Gasteiger charge is 2.30. The van der Waals surface area contributed by atoms with Crippen molar-refractivity contribution in [2.75, 3.05) is 24.6 Å². The summed E-state index contributed by atoms with van der Waals surface area (Å²) < 4.78 is 0. The molecule has 6 atom stereocenters. The first kappa shape index (κ1) is 48.4. The molecule has 2 unspecified atom stereocenters. The first-order chi connectivity index (χ1) is 27.5. The number of Topliss-reactive ketones (excluding diaryl/α,β-unsaturated/α-hetero) is 1. The molecule has 0 saturated heterocycles. The van der Waals surface area contributed by atoms with Crippen molar-refractivity contribution in [2.45, 2.75) is 73.2 Å².